The van der Waals surface area contributed by atoms with E-state index in [1.54, 1.807) is 24.3 Å². The molecule has 2 aromatic carbocycles. The number of amides is 1. The van der Waals surface area contributed by atoms with Gasteiger partial charge >= 0.3 is 0 Å². The minimum absolute atomic E-state index is 0.0609. The molecule has 1 amide bonds. The van der Waals surface area contributed by atoms with Crippen molar-refractivity contribution in [3.63, 3.8) is 0 Å². The van der Waals surface area contributed by atoms with Crippen molar-refractivity contribution in [1.29, 1.82) is 0 Å². The van der Waals surface area contributed by atoms with E-state index in [9.17, 15) is 13.2 Å². The van der Waals surface area contributed by atoms with Crippen LogP contribution in [-0.4, -0.2) is 24.5 Å². The van der Waals surface area contributed by atoms with Gasteiger partial charge in [-0.1, -0.05) is 60.2 Å². The van der Waals surface area contributed by atoms with E-state index in [0.717, 1.165) is 22.5 Å². The summed E-state index contributed by atoms with van der Waals surface area (Å²) in [5.74, 6) is -0.495. The molecule has 1 aromatic heterocycles. The molecule has 10 heteroatoms. The first-order chi connectivity index (χ1) is 13.3. The van der Waals surface area contributed by atoms with Crippen LogP contribution in [-0.2, 0) is 16.4 Å². The zero-order valence-corrected chi connectivity index (χ0v) is 17.5. The van der Waals surface area contributed by atoms with Gasteiger partial charge in [0.2, 0.25) is 5.13 Å². The van der Waals surface area contributed by atoms with Gasteiger partial charge in [-0.3, -0.25) is 14.8 Å². The second-order valence-corrected chi connectivity index (χ2v) is 9.12. The first-order valence-corrected chi connectivity index (χ1v) is 11.0. The van der Waals surface area contributed by atoms with E-state index in [-0.39, 0.29) is 20.1 Å². The maximum atomic E-state index is 12.7. The molecule has 0 saturated carbocycles. The van der Waals surface area contributed by atoms with Gasteiger partial charge in [0.15, 0.2) is 0 Å². The van der Waals surface area contributed by atoms with E-state index in [1.807, 2.05) is 32.0 Å². The third kappa shape index (κ3) is 4.32. The Hall–Kier alpha value is -2.49. The number of carbonyl (C=O) groups excluding carboxylic acids is 1. The maximum absolute atomic E-state index is 12.7. The summed E-state index contributed by atoms with van der Waals surface area (Å²) in [7, 11) is -3.94. The number of hydrogen-bond donors (Lipinski definition) is 2. The van der Waals surface area contributed by atoms with Crippen LogP contribution >= 0.6 is 22.9 Å². The molecule has 0 spiro atoms. The zero-order chi connectivity index (χ0) is 20.3. The third-order valence-corrected chi connectivity index (χ3v) is 6.84. The number of sulfonamides is 1. The van der Waals surface area contributed by atoms with Crippen molar-refractivity contribution < 1.29 is 13.2 Å². The molecule has 0 aliphatic carbocycles. The molecule has 0 aliphatic heterocycles. The summed E-state index contributed by atoms with van der Waals surface area (Å²) in [4.78, 5) is 12.3. The number of para-hydroxylation sites is 1. The maximum Gasteiger partial charge on any atom is 0.291 e. The smallest absolute Gasteiger partial charge is 0.291 e. The minimum atomic E-state index is -3.94. The number of carbonyl (C=O) groups is 1. The van der Waals surface area contributed by atoms with Crippen molar-refractivity contribution in [2.24, 2.45) is 0 Å². The molecule has 0 radical (unpaired) electrons. The molecule has 0 aliphatic rings. The zero-order valence-electron chi connectivity index (χ0n) is 15.1. The van der Waals surface area contributed by atoms with Crippen molar-refractivity contribution >= 4 is 49.7 Å². The Kier molecular flexibility index (Phi) is 5.97. The predicted octanol–water partition coefficient (Wildman–Crippen LogP) is 4.12. The quantitative estimate of drug-likeness (QED) is 0.566. The second kappa shape index (κ2) is 8.26. The molecule has 2 N–H and O–H groups in total. The molecule has 0 atom stereocenters. The highest BCUT2D eigenvalue weighted by atomic mass is 35.5. The highest BCUT2D eigenvalue weighted by molar-refractivity contribution is 7.94. The van der Waals surface area contributed by atoms with Gasteiger partial charge < -0.3 is 0 Å². The van der Waals surface area contributed by atoms with Gasteiger partial charge in [-0.05, 0) is 36.6 Å². The van der Waals surface area contributed by atoms with Crippen molar-refractivity contribution in [3.8, 4) is 0 Å². The van der Waals surface area contributed by atoms with Crippen molar-refractivity contribution in [2.75, 3.05) is 10.0 Å². The van der Waals surface area contributed by atoms with Gasteiger partial charge in [-0.25, -0.2) is 0 Å². The first kappa shape index (κ1) is 20.2. The average molecular weight is 437 g/mol. The average Bonchev–Trinajstić information content (AvgIpc) is 3.13. The fraction of sp³-hybridized carbons (Fsp3) is 0.167. The van der Waals surface area contributed by atoms with Gasteiger partial charge in [0.1, 0.15) is 0 Å². The van der Waals surface area contributed by atoms with Gasteiger partial charge in [-0.15, -0.1) is 10.2 Å². The summed E-state index contributed by atoms with van der Waals surface area (Å²) >= 11 is 6.76. The molecular weight excluding hydrogens is 420 g/mol. The lowest BCUT2D eigenvalue weighted by Crippen LogP contribution is -2.15. The summed E-state index contributed by atoms with van der Waals surface area (Å²) in [5, 5.41) is 10.3. The van der Waals surface area contributed by atoms with Crippen LogP contribution in [0.5, 0.6) is 0 Å². The van der Waals surface area contributed by atoms with Crippen LogP contribution in [0, 0.1) is 6.92 Å². The fourth-order valence-corrected chi connectivity index (χ4v) is 4.82. The summed E-state index contributed by atoms with van der Waals surface area (Å²) in [6.45, 7) is 3.77. The van der Waals surface area contributed by atoms with Crippen LogP contribution in [0.4, 0.5) is 10.8 Å². The Morgan fingerprint density at radius 2 is 1.89 bits per heavy atom. The monoisotopic (exact) mass is 436 g/mol. The number of hydrogen-bond acceptors (Lipinski definition) is 6. The Bertz CT molecular complexity index is 1130. The standard InChI is InChI=1S/C18H17ClN4O3S2/c1-3-12-8-6-7-11(2)15(12)23-28(25,26)18-22-21-17(27-18)20-16(24)13-9-4-5-10-14(13)19/h4-10,23H,3H2,1-2H3,(H,20,21,24). The Labute approximate surface area is 171 Å². The van der Waals surface area contributed by atoms with Gasteiger partial charge in [0.05, 0.1) is 16.3 Å². The van der Waals surface area contributed by atoms with E-state index in [1.165, 1.54) is 0 Å². The number of aromatic nitrogens is 2. The molecule has 3 rings (SSSR count). The number of rotatable bonds is 6. The van der Waals surface area contributed by atoms with Crippen LogP contribution < -0.4 is 10.0 Å². The first-order valence-electron chi connectivity index (χ1n) is 8.32. The van der Waals surface area contributed by atoms with Gasteiger partial charge in [-0.2, -0.15) is 8.42 Å². The van der Waals surface area contributed by atoms with Crippen molar-refractivity contribution in [1.82, 2.24) is 10.2 Å². The van der Waals surface area contributed by atoms with Crippen LogP contribution in [0.3, 0.4) is 0 Å². The topological polar surface area (TPSA) is 101 Å². The largest absolute Gasteiger partial charge is 0.296 e. The molecule has 7 nitrogen and oxygen atoms in total. The summed E-state index contributed by atoms with van der Waals surface area (Å²) in [6, 6.07) is 12.1. The lowest BCUT2D eigenvalue weighted by Gasteiger charge is -2.12. The van der Waals surface area contributed by atoms with Crippen molar-refractivity contribution in [2.45, 2.75) is 24.6 Å². The van der Waals surface area contributed by atoms with Crippen LogP contribution in [0.15, 0.2) is 46.8 Å². The van der Waals surface area contributed by atoms with Crippen LogP contribution in [0.1, 0.15) is 28.4 Å². The molecule has 146 valence electrons. The van der Waals surface area contributed by atoms with Crippen LogP contribution in [0.25, 0.3) is 0 Å². The fourth-order valence-electron chi connectivity index (χ4n) is 2.53. The van der Waals surface area contributed by atoms with E-state index >= 15 is 0 Å². The Morgan fingerprint density at radius 3 is 2.61 bits per heavy atom. The molecule has 0 unspecified atom stereocenters. The number of nitrogens with one attached hydrogen (secondary N) is 2. The number of anilines is 2. The third-order valence-electron chi connectivity index (χ3n) is 3.95. The van der Waals surface area contributed by atoms with E-state index in [0.29, 0.717) is 12.1 Å². The number of halogens is 1. The molecular formula is C18H17ClN4O3S2. The normalized spacial score (nSPS) is 11.2. The number of benzene rings is 2. The second-order valence-electron chi connectivity index (χ2n) is 5.88. The van der Waals surface area contributed by atoms with Crippen LogP contribution in [0.2, 0.25) is 5.02 Å². The van der Waals surface area contributed by atoms with E-state index < -0.39 is 15.9 Å². The summed E-state index contributed by atoms with van der Waals surface area (Å²) in [5.41, 5.74) is 2.47. The predicted molar refractivity (Wildman–Crippen MR) is 111 cm³/mol. The SMILES string of the molecule is CCc1cccc(C)c1NS(=O)(=O)c1nnc(NC(=O)c2ccccc2Cl)s1. The molecule has 1 heterocycles. The summed E-state index contributed by atoms with van der Waals surface area (Å²) < 4.78 is 27.7. The molecule has 3 aromatic rings. The highest BCUT2D eigenvalue weighted by Crippen LogP contribution is 2.27. The molecule has 0 fully saturated rings. The molecule has 0 bridgehead atoms. The molecule has 0 saturated heterocycles. The number of nitrogens with zero attached hydrogens (tertiary/aromatic N) is 2. The Balaban J connectivity index is 1.81. The van der Waals surface area contributed by atoms with E-state index in [2.05, 4.69) is 20.2 Å². The lowest BCUT2D eigenvalue weighted by atomic mass is 10.1. The minimum Gasteiger partial charge on any atom is -0.296 e. The lowest BCUT2D eigenvalue weighted by molar-refractivity contribution is 0.102. The number of aryl methyl sites for hydroxylation is 2. The van der Waals surface area contributed by atoms with Gasteiger partial charge in [0, 0.05) is 0 Å². The Morgan fingerprint density at radius 1 is 1.14 bits per heavy atom. The highest BCUT2D eigenvalue weighted by Gasteiger charge is 2.23. The molecule has 28 heavy (non-hydrogen) atoms. The van der Waals surface area contributed by atoms with E-state index in [4.69, 9.17) is 11.6 Å². The summed E-state index contributed by atoms with van der Waals surface area (Å²) in [6.07, 6.45) is 0.675. The van der Waals surface area contributed by atoms with Gasteiger partial charge in [0.25, 0.3) is 20.3 Å². The van der Waals surface area contributed by atoms with Crippen molar-refractivity contribution in [3.05, 3.63) is 64.2 Å².